The zero-order chi connectivity index (χ0) is 42.2. The van der Waals surface area contributed by atoms with Crippen molar-refractivity contribution in [1.82, 2.24) is 13.7 Å². The molecule has 0 unspecified atom stereocenters. The predicted molar refractivity (Wildman–Crippen MR) is 273 cm³/mol. The molecular weight excluding hydrogens is 835 g/mol. The normalized spacial score (nSPS) is 12.1. The van der Waals surface area contributed by atoms with Crippen LogP contribution in [-0.4, -0.2) is 27.0 Å². The van der Waals surface area contributed by atoms with Crippen LogP contribution in [0.2, 0.25) is 0 Å². The summed E-state index contributed by atoms with van der Waals surface area (Å²) >= 11 is -3.50. The SMILES string of the molecule is c1cc[c]([Ge]([c]2ccccc2)([c]2ccccc2)[c]2ccc3c(c2)c2ccccc2n3-c2cccc(-n3c4ccccc4c4cc(-n5c6ccccc6c6ccccc65)ccc43)c2)cc1. The van der Waals surface area contributed by atoms with E-state index in [0.29, 0.717) is 0 Å². The molecule has 0 aliphatic heterocycles. The molecule has 0 amide bonds. The van der Waals surface area contributed by atoms with E-state index in [0.717, 1.165) is 17.1 Å². The van der Waals surface area contributed by atoms with Gasteiger partial charge < -0.3 is 4.57 Å². The fraction of sp³-hybridized carbons (Fsp3) is 0. The first-order valence-electron chi connectivity index (χ1n) is 22.1. The molecule has 64 heavy (non-hydrogen) atoms. The van der Waals surface area contributed by atoms with Crippen molar-refractivity contribution in [3.05, 3.63) is 249 Å². The summed E-state index contributed by atoms with van der Waals surface area (Å²) in [6.07, 6.45) is 0. The number of fused-ring (bicyclic) bond motifs is 9. The maximum absolute atomic E-state index is 3.50. The van der Waals surface area contributed by atoms with E-state index in [1.165, 1.54) is 83.0 Å². The van der Waals surface area contributed by atoms with Gasteiger partial charge in [-0.15, -0.1) is 0 Å². The predicted octanol–water partition coefficient (Wildman–Crippen LogP) is 12.4. The van der Waals surface area contributed by atoms with Gasteiger partial charge in [0.25, 0.3) is 0 Å². The summed E-state index contributed by atoms with van der Waals surface area (Å²) in [7, 11) is 0. The Morgan fingerprint density at radius 1 is 0.203 bits per heavy atom. The zero-order valence-electron chi connectivity index (χ0n) is 35.0. The summed E-state index contributed by atoms with van der Waals surface area (Å²) in [6, 6.07) is 92.5. The van der Waals surface area contributed by atoms with Gasteiger partial charge in [0.2, 0.25) is 0 Å². The molecule has 3 heterocycles. The van der Waals surface area contributed by atoms with Gasteiger partial charge in [-0.2, -0.15) is 0 Å². The van der Waals surface area contributed by atoms with Crippen molar-refractivity contribution in [3.63, 3.8) is 0 Å². The topological polar surface area (TPSA) is 14.8 Å². The Morgan fingerprint density at radius 3 is 0.969 bits per heavy atom. The van der Waals surface area contributed by atoms with Crippen molar-refractivity contribution in [1.29, 1.82) is 0 Å². The van der Waals surface area contributed by atoms with Crippen molar-refractivity contribution in [2.45, 2.75) is 0 Å². The third-order valence-electron chi connectivity index (χ3n) is 13.6. The molecule has 3 nitrogen and oxygen atoms in total. The Morgan fingerprint density at radius 2 is 0.531 bits per heavy atom. The zero-order valence-corrected chi connectivity index (χ0v) is 37.1. The Labute approximate surface area is 373 Å². The van der Waals surface area contributed by atoms with Gasteiger partial charge in [0.05, 0.1) is 11.0 Å². The van der Waals surface area contributed by atoms with Crippen LogP contribution in [-0.2, 0) is 0 Å². The summed E-state index contributed by atoms with van der Waals surface area (Å²) in [5, 5.41) is 7.53. The van der Waals surface area contributed by atoms with Crippen molar-refractivity contribution >= 4 is 96.3 Å². The van der Waals surface area contributed by atoms with E-state index in [2.05, 4.69) is 262 Å². The second-order valence-corrected chi connectivity index (χ2v) is 24.9. The Hall–Kier alpha value is -7.86. The van der Waals surface area contributed by atoms with Crippen LogP contribution in [0.5, 0.6) is 0 Å². The van der Waals surface area contributed by atoms with Crippen molar-refractivity contribution in [3.8, 4) is 17.1 Å². The van der Waals surface area contributed by atoms with Crippen molar-refractivity contribution in [2.24, 2.45) is 0 Å². The molecule has 0 atom stereocenters. The third-order valence-corrected chi connectivity index (χ3v) is 23.6. The maximum atomic E-state index is 2.53. The number of benzene rings is 10. The summed E-state index contributed by atoms with van der Waals surface area (Å²) < 4.78 is 13.0. The average molecular weight is 877 g/mol. The van der Waals surface area contributed by atoms with Crippen LogP contribution in [0.25, 0.3) is 82.5 Å². The molecule has 0 N–H and O–H groups in total. The van der Waals surface area contributed by atoms with E-state index in [1.54, 1.807) is 0 Å². The molecule has 4 heteroatoms. The van der Waals surface area contributed by atoms with Crippen LogP contribution in [0.4, 0.5) is 0 Å². The van der Waals surface area contributed by atoms with Crippen LogP contribution in [0, 0.1) is 0 Å². The van der Waals surface area contributed by atoms with Crippen LogP contribution < -0.4 is 17.6 Å². The van der Waals surface area contributed by atoms with E-state index >= 15 is 0 Å². The van der Waals surface area contributed by atoms with E-state index in [1.807, 2.05) is 0 Å². The van der Waals surface area contributed by atoms with Crippen LogP contribution >= 0.6 is 0 Å². The molecule has 0 spiro atoms. The molecule has 0 aliphatic rings. The molecule has 10 aromatic carbocycles. The van der Waals surface area contributed by atoms with E-state index < -0.39 is 13.3 Å². The van der Waals surface area contributed by atoms with Gasteiger partial charge in [-0.25, -0.2) is 0 Å². The molecule has 13 aromatic rings. The van der Waals surface area contributed by atoms with Crippen LogP contribution in [0.3, 0.4) is 0 Å². The van der Waals surface area contributed by atoms with Crippen LogP contribution in [0.15, 0.2) is 249 Å². The number of nitrogens with zero attached hydrogens (tertiary/aromatic N) is 3. The van der Waals surface area contributed by atoms with Gasteiger partial charge in [-0.05, 0) is 12.1 Å². The van der Waals surface area contributed by atoms with Gasteiger partial charge in [-0.1, -0.05) is 42.5 Å². The summed E-state index contributed by atoms with van der Waals surface area (Å²) in [5.74, 6) is 0. The average Bonchev–Trinajstić information content (AvgIpc) is 4.01. The van der Waals surface area contributed by atoms with Gasteiger partial charge in [-0.3, -0.25) is 0 Å². The minimum absolute atomic E-state index is 1.13. The number of hydrogen-bond acceptors (Lipinski definition) is 0. The fourth-order valence-corrected chi connectivity index (χ4v) is 20.9. The summed E-state index contributed by atoms with van der Waals surface area (Å²) in [5.41, 5.74) is 10.6. The molecule has 0 radical (unpaired) electrons. The molecule has 0 aliphatic carbocycles. The molecule has 3 aromatic heterocycles. The first kappa shape index (κ1) is 36.8. The summed E-state index contributed by atoms with van der Waals surface area (Å²) in [6.45, 7) is 0. The van der Waals surface area contributed by atoms with Crippen molar-refractivity contribution < 1.29 is 0 Å². The third kappa shape index (κ3) is 5.41. The Kier molecular flexibility index (Phi) is 8.40. The quantitative estimate of drug-likeness (QED) is 0.142. The monoisotopic (exact) mass is 877 g/mol. The minimum atomic E-state index is -3.50. The van der Waals surface area contributed by atoms with Gasteiger partial charge in [0.1, 0.15) is 0 Å². The van der Waals surface area contributed by atoms with E-state index in [-0.39, 0.29) is 0 Å². The molecule has 0 saturated heterocycles. The molecular formula is C60H41GeN3. The van der Waals surface area contributed by atoms with Crippen molar-refractivity contribution in [2.75, 3.05) is 0 Å². The number of hydrogen-bond donors (Lipinski definition) is 0. The molecule has 0 bridgehead atoms. The second-order valence-electron chi connectivity index (χ2n) is 16.9. The fourth-order valence-electron chi connectivity index (χ4n) is 10.9. The summed E-state index contributed by atoms with van der Waals surface area (Å²) in [4.78, 5) is 0. The van der Waals surface area contributed by atoms with Crippen LogP contribution in [0.1, 0.15) is 0 Å². The van der Waals surface area contributed by atoms with E-state index in [4.69, 9.17) is 0 Å². The first-order chi connectivity index (χ1) is 31.8. The second kappa shape index (κ2) is 14.6. The Bertz CT molecular complexity index is 3750. The standard InChI is InChI=1S/C60H41GeN3/c1-4-19-42(20-5-1)61(43-21-6-2-7-22-43,44-23-8-3-9-24-44)45-35-37-59-53(39-45)51-29-12-16-33-57(51)62(59)46-25-18-26-47(40-46)63-58-34-17-13-30-52(58)54-41-48(36-38-60(54)63)64-55-31-14-10-27-49(55)50-28-11-15-32-56(50)64/h1-41H. The number of para-hydroxylation sites is 4. The molecule has 0 saturated carbocycles. The Balaban J connectivity index is 1.01. The molecule has 13 rings (SSSR count). The van der Waals surface area contributed by atoms with Gasteiger partial charge >= 0.3 is 289 Å². The molecule has 0 fully saturated rings. The van der Waals surface area contributed by atoms with E-state index in [9.17, 15) is 0 Å². The number of rotatable bonds is 7. The van der Waals surface area contributed by atoms with Gasteiger partial charge in [0, 0.05) is 16.5 Å². The molecule has 300 valence electrons. The van der Waals surface area contributed by atoms with Gasteiger partial charge in [0.15, 0.2) is 0 Å². The first-order valence-corrected chi connectivity index (χ1v) is 26.3. The number of aromatic nitrogens is 3.